The Bertz CT molecular complexity index is 1050. The molecule has 2 aromatic carbocycles. The fourth-order valence-electron chi connectivity index (χ4n) is 5.50. The number of urea groups is 1. The Balaban J connectivity index is 1.47. The van der Waals surface area contributed by atoms with Crippen LogP contribution in [-0.4, -0.2) is 83.8 Å². The Morgan fingerprint density at radius 2 is 1.75 bits per heavy atom. The van der Waals surface area contributed by atoms with Crippen molar-refractivity contribution in [3.63, 3.8) is 0 Å². The van der Waals surface area contributed by atoms with E-state index in [2.05, 4.69) is 11.8 Å². The van der Waals surface area contributed by atoms with Gasteiger partial charge >= 0.3 is 6.03 Å². The summed E-state index contributed by atoms with van der Waals surface area (Å²) >= 11 is 0. The van der Waals surface area contributed by atoms with E-state index >= 15 is 0 Å². The Kier molecular flexibility index (Phi) is 8.16. The maximum atomic E-state index is 13.8. The third-order valence-corrected chi connectivity index (χ3v) is 7.56. The van der Waals surface area contributed by atoms with Gasteiger partial charge in [-0.15, -0.1) is 0 Å². The van der Waals surface area contributed by atoms with Crippen LogP contribution >= 0.6 is 0 Å². The van der Waals surface area contributed by atoms with Gasteiger partial charge in [0.2, 0.25) is 0 Å². The molecule has 3 amide bonds. The molecule has 0 bridgehead atoms. The molecular formula is C28H37N3O5. The predicted molar refractivity (Wildman–Crippen MR) is 137 cm³/mol. The number of aromatic hydroxyl groups is 1. The van der Waals surface area contributed by atoms with E-state index < -0.39 is 5.54 Å². The van der Waals surface area contributed by atoms with Gasteiger partial charge in [0.15, 0.2) is 11.5 Å². The number of ether oxygens (including phenoxy) is 2. The number of methoxy groups -OCH3 is 2. The van der Waals surface area contributed by atoms with Crippen LogP contribution in [0.15, 0.2) is 48.5 Å². The molecule has 0 unspecified atom stereocenters. The second kappa shape index (κ2) is 11.3. The van der Waals surface area contributed by atoms with Gasteiger partial charge in [0.1, 0.15) is 5.54 Å². The second-order valence-electron chi connectivity index (χ2n) is 9.78. The van der Waals surface area contributed by atoms with Crippen LogP contribution in [0.2, 0.25) is 0 Å². The molecule has 2 saturated heterocycles. The first-order valence-electron chi connectivity index (χ1n) is 12.7. The summed E-state index contributed by atoms with van der Waals surface area (Å²) in [4.78, 5) is 32.9. The van der Waals surface area contributed by atoms with E-state index in [1.54, 1.807) is 20.3 Å². The van der Waals surface area contributed by atoms with E-state index in [0.717, 1.165) is 30.6 Å². The summed E-state index contributed by atoms with van der Waals surface area (Å²) < 4.78 is 10.5. The van der Waals surface area contributed by atoms with Crippen LogP contribution in [0.25, 0.3) is 0 Å². The number of hydrogen-bond donors (Lipinski definition) is 1. The minimum absolute atomic E-state index is 0.0793. The zero-order chi connectivity index (χ0) is 25.7. The highest BCUT2D eigenvalue weighted by Crippen LogP contribution is 2.39. The third kappa shape index (κ3) is 5.20. The van der Waals surface area contributed by atoms with Crippen LogP contribution in [0.4, 0.5) is 4.79 Å². The molecule has 8 heteroatoms. The van der Waals surface area contributed by atoms with E-state index in [9.17, 15) is 14.7 Å². The molecule has 2 heterocycles. The number of nitrogens with zero attached hydrogens (tertiary/aromatic N) is 3. The summed E-state index contributed by atoms with van der Waals surface area (Å²) in [7, 11) is 3.20. The molecule has 2 fully saturated rings. The molecule has 0 aliphatic carbocycles. The average Bonchev–Trinajstić information content (AvgIpc) is 3.07. The first-order valence-corrected chi connectivity index (χ1v) is 12.7. The highest BCUT2D eigenvalue weighted by Gasteiger charge is 2.57. The number of hydrogen-bond acceptors (Lipinski definition) is 6. The average molecular weight is 496 g/mol. The molecule has 1 spiro atoms. The van der Waals surface area contributed by atoms with Crippen molar-refractivity contribution in [2.75, 3.05) is 40.5 Å². The Morgan fingerprint density at radius 1 is 1.03 bits per heavy atom. The van der Waals surface area contributed by atoms with Crippen molar-refractivity contribution in [3.05, 3.63) is 59.7 Å². The summed E-state index contributed by atoms with van der Waals surface area (Å²) in [5.74, 6) is 0.522. The Morgan fingerprint density at radius 3 is 2.42 bits per heavy atom. The summed E-state index contributed by atoms with van der Waals surface area (Å²) in [5.41, 5.74) is 1.24. The standard InChI is InChI=1S/C28H37N3O5/c1-21(18-23-10-11-24(32)25(19-23)36-3)29-15-12-28(13-16-29)26(33)30(20-22-8-5-4-6-9-22)27(34)31(28)14-7-17-35-2/h4-6,8-11,19,21,32H,7,12-18,20H2,1-3H3/t21-/m1/s1. The van der Waals surface area contributed by atoms with Crippen molar-refractivity contribution in [1.82, 2.24) is 14.7 Å². The zero-order valence-corrected chi connectivity index (χ0v) is 21.5. The van der Waals surface area contributed by atoms with Crippen molar-refractivity contribution >= 4 is 11.9 Å². The van der Waals surface area contributed by atoms with Gasteiger partial charge in [0.25, 0.3) is 5.91 Å². The van der Waals surface area contributed by atoms with Crippen molar-refractivity contribution in [1.29, 1.82) is 0 Å². The maximum Gasteiger partial charge on any atom is 0.327 e. The summed E-state index contributed by atoms with van der Waals surface area (Å²) in [6.45, 7) is 4.99. The Hall–Kier alpha value is -3.10. The normalized spacial score (nSPS) is 18.8. The van der Waals surface area contributed by atoms with Gasteiger partial charge in [0.05, 0.1) is 13.7 Å². The number of phenolic OH excluding ortho intramolecular Hbond substituents is 1. The lowest BCUT2D eigenvalue weighted by Crippen LogP contribution is -2.58. The molecular weight excluding hydrogens is 458 g/mol. The molecule has 36 heavy (non-hydrogen) atoms. The number of carbonyl (C=O) groups is 2. The van der Waals surface area contributed by atoms with Crippen molar-refractivity contribution in [2.24, 2.45) is 0 Å². The molecule has 0 aromatic heterocycles. The van der Waals surface area contributed by atoms with Gasteiger partial charge in [-0.2, -0.15) is 0 Å². The van der Waals surface area contributed by atoms with Gasteiger partial charge < -0.3 is 24.4 Å². The number of phenols is 1. The highest BCUT2D eigenvalue weighted by molar-refractivity contribution is 6.07. The summed E-state index contributed by atoms with van der Waals surface area (Å²) in [6.07, 6.45) is 2.71. The van der Waals surface area contributed by atoms with Gasteiger partial charge in [-0.3, -0.25) is 9.69 Å². The molecule has 2 aliphatic heterocycles. The van der Waals surface area contributed by atoms with Gasteiger partial charge in [-0.05, 0) is 55.9 Å². The number of amides is 3. The van der Waals surface area contributed by atoms with Gasteiger partial charge in [0, 0.05) is 39.4 Å². The van der Waals surface area contributed by atoms with E-state index in [1.807, 2.05) is 47.4 Å². The number of carbonyl (C=O) groups excluding carboxylic acids is 2. The number of piperidine rings is 1. The first-order chi connectivity index (χ1) is 17.4. The summed E-state index contributed by atoms with van der Waals surface area (Å²) in [6, 6.07) is 15.2. The number of benzene rings is 2. The van der Waals surface area contributed by atoms with Crippen LogP contribution < -0.4 is 4.74 Å². The molecule has 0 radical (unpaired) electrons. The van der Waals surface area contributed by atoms with Crippen molar-refractivity contribution < 1.29 is 24.2 Å². The van der Waals surface area contributed by atoms with Crippen LogP contribution in [0, 0.1) is 0 Å². The van der Waals surface area contributed by atoms with E-state index in [0.29, 0.717) is 44.7 Å². The number of imide groups is 1. The maximum absolute atomic E-state index is 13.8. The first kappa shape index (κ1) is 26.0. The monoisotopic (exact) mass is 495 g/mol. The lowest BCUT2D eigenvalue weighted by molar-refractivity contribution is -0.136. The summed E-state index contributed by atoms with van der Waals surface area (Å²) in [5, 5.41) is 9.89. The SMILES string of the molecule is COCCCN1C(=O)N(Cc2ccccc2)C(=O)C12CCN([C@H](C)Cc1ccc(O)c(OC)c1)CC2. The fourth-order valence-corrected chi connectivity index (χ4v) is 5.50. The number of likely N-dealkylation sites (tertiary alicyclic amines) is 1. The molecule has 4 rings (SSSR count). The largest absolute Gasteiger partial charge is 0.504 e. The second-order valence-corrected chi connectivity index (χ2v) is 9.78. The smallest absolute Gasteiger partial charge is 0.327 e. The molecule has 1 atom stereocenters. The molecule has 194 valence electrons. The highest BCUT2D eigenvalue weighted by atomic mass is 16.5. The van der Waals surface area contributed by atoms with E-state index in [-0.39, 0.29) is 23.7 Å². The quantitative estimate of drug-likeness (QED) is 0.400. The van der Waals surface area contributed by atoms with Crippen molar-refractivity contribution in [2.45, 2.75) is 50.7 Å². The topological polar surface area (TPSA) is 82.6 Å². The minimum atomic E-state index is -0.794. The van der Waals surface area contributed by atoms with E-state index in [1.165, 1.54) is 4.90 Å². The Labute approximate surface area is 213 Å². The van der Waals surface area contributed by atoms with Gasteiger partial charge in [-0.25, -0.2) is 4.79 Å². The molecule has 2 aliphatic rings. The molecule has 0 saturated carbocycles. The van der Waals surface area contributed by atoms with Crippen LogP contribution in [0.5, 0.6) is 11.5 Å². The van der Waals surface area contributed by atoms with Crippen LogP contribution in [0.3, 0.4) is 0 Å². The molecule has 1 N–H and O–H groups in total. The molecule has 8 nitrogen and oxygen atoms in total. The lowest BCUT2D eigenvalue weighted by atomic mass is 9.84. The van der Waals surface area contributed by atoms with Gasteiger partial charge in [-0.1, -0.05) is 36.4 Å². The van der Waals surface area contributed by atoms with Crippen LogP contribution in [-0.2, 0) is 22.5 Å². The minimum Gasteiger partial charge on any atom is -0.504 e. The predicted octanol–water partition coefficient (Wildman–Crippen LogP) is 3.67. The van der Waals surface area contributed by atoms with Crippen LogP contribution in [0.1, 0.15) is 37.3 Å². The zero-order valence-electron chi connectivity index (χ0n) is 21.5. The molecule has 2 aromatic rings. The third-order valence-electron chi connectivity index (χ3n) is 7.56. The fraction of sp³-hybridized carbons (Fsp3) is 0.500. The lowest BCUT2D eigenvalue weighted by Gasteiger charge is -2.44. The van der Waals surface area contributed by atoms with E-state index in [4.69, 9.17) is 9.47 Å². The van der Waals surface area contributed by atoms with Crippen molar-refractivity contribution in [3.8, 4) is 11.5 Å². The number of rotatable bonds is 10.